The molecular formula is C19H27N. The van der Waals surface area contributed by atoms with Crippen molar-refractivity contribution in [2.45, 2.75) is 50.9 Å². The Morgan fingerprint density at radius 3 is 2.30 bits per heavy atom. The van der Waals surface area contributed by atoms with Gasteiger partial charge in [0.15, 0.2) is 0 Å². The lowest BCUT2D eigenvalue weighted by Crippen LogP contribution is -2.56. The average molecular weight is 269 g/mol. The van der Waals surface area contributed by atoms with E-state index in [1.54, 1.807) is 5.56 Å². The molecule has 4 atom stereocenters. The van der Waals surface area contributed by atoms with Crippen molar-refractivity contribution in [1.82, 2.24) is 5.32 Å². The van der Waals surface area contributed by atoms with Gasteiger partial charge in [0, 0.05) is 6.54 Å². The Bertz CT molecular complexity index is 487. The molecule has 4 saturated carbocycles. The molecule has 1 N–H and O–H groups in total. The molecule has 0 spiro atoms. The van der Waals surface area contributed by atoms with E-state index < -0.39 is 0 Å². The first-order valence-corrected chi connectivity index (χ1v) is 8.35. The molecule has 0 saturated heterocycles. The van der Waals surface area contributed by atoms with Crippen molar-refractivity contribution in [3.8, 4) is 0 Å². The molecule has 0 radical (unpaired) electrons. The van der Waals surface area contributed by atoms with E-state index in [2.05, 4.69) is 43.6 Å². The lowest BCUT2D eigenvalue weighted by molar-refractivity contribution is -0.0699. The van der Waals surface area contributed by atoms with Gasteiger partial charge in [-0.05, 0) is 80.7 Å². The fourth-order valence-corrected chi connectivity index (χ4v) is 6.28. The van der Waals surface area contributed by atoms with Crippen molar-refractivity contribution in [3.05, 3.63) is 35.4 Å². The van der Waals surface area contributed by atoms with Crippen molar-refractivity contribution in [2.24, 2.45) is 17.3 Å². The van der Waals surface area contributed by atoms with E-state index in [-0.39, 0.29) is 0 Å². The largest absolute Gasteiger partial charge is 0.319 e. The fraction of sp³-hybridized carbons (Fsp3) is 0.684. The lowest BCUT2D eigenvalue weighted by atomic mass is 9.43. The second-order valence-corrected chi connectivity index (χ2v) is 8.14. The summed E-state index contributed by atoms with van der Waals surface area (Å²) in [6.45, 7) is 3.43. The Balaban J connectivity index is 1.73. The van der Waals surface area contributed by atoms with Gasteiger partial charge in [-0.25, -0.2) is 0 Å². The predicted molar refractivity (Wildman–Crippen MR) is 83.9 cm³/mol. The van der Waals surface area contributed by atoms with Crippen LogP contribution in [0.4, 0.5) is 0 Å². The van der Waals surface area contributed by atoms with E-state index in [0.717, 1.165) is 11.8 Å². The van der Waals surface area contributed by atoms with Crippen LogP contribution in [0, 0.1) is 24.2 Å². The van der Waals surface area contributed by atoms with E-state index >= 15 is 0 Å². The smallest absolute Gasteiger partial charge is 0.000533 e. The van der Waals surface area contributed by atoms with Gasteiger partial charge in [-0.1, -0.05) is 29.8 Å². The fourth-order valence-electron chi connectivity index (χ4n) is 6.28. The van der Waals surface area contributed by atoms with Crippen LogP contribution < -0.4 is 5.32 Å². The first-order chi connectivity index (χ1) is 9.63. The summed E-state index contributed by atoms with van der Waals surface area (Å²) in [5.41, 5.74) is 4.14. The Morgan fingerprint density at radius 1 is 1.05 bits per heavy atom. The molecule has 4 fully saturated rings. The van der Waals surface area contributed by atoms with Crippen molar-refractivity contribution in [1.29, 1.82) is 0 Å². The highest BCUT2D eigenvalue weighted by atomic mass is 14.8. The van der Waals surface area contributed by atoms with Crippen LogP contribution in [-0.4, -0.2) is 13.6 Å². The summed E-state index contributed by atoms with van der Waals surface area (Å²) < 4.78 is 0. The molecule has 4 aliphatic rings. The highest BCUT2D eigenvalue weighted by molar-refractivity contribution is 5.32. The summed E-state index contributed by atoms with van der Waals surface area (Å²) >= 11 is 0. The van der Waals surface area contributed by atoms with Crippen molar-refractivity contribution in [2.75, 3.05) is 13.6 Å². The van der Waals surface area contributed by atoms with E-state index in [9.17, 15) is 0 Å². The number of rotatable bonds is 3. The van der Waals surface area contributed by atoms with Crippen LogP contribution in [0.1, 0.15) is 49.7 Å². The summed E-state index contributed by atoms with van der Waals surface area (Å²) in [5.74, 6) is 1.98. The maximum atomic E-state index is 3.50. The first-order valence-electron chi connectivity index (χ1n) is 8.35. The zero-order valence-corrected chi connectivity index (χ0v) is 12.9. The van der Waals surface area contributed by atoms with Crippen LogP contribution in [0.2, 0.25) is 0 Å². The zero-order chi connectivity index (χ0) is 13.8. The van der Waals surface area contributed by atoms with Gasteiger partial charge >= 0.3 is 0 Å². The van der Waals surface area contributed by atoms with E-state index in [1.807, 2.05) is 0 Å². The Kier molecular flexibility index (Phi) is 2.79. The van der Waals surface area contributed by atoms with Gasteiger partial charge in [0.05, 0.1) is 0 Å². The molecule has 0 aliphatic heterocycles. The molecule has 1 aromatic rings. The minimum Gasteiger partial charge on any atom is -0.319 e. The molecule has 1 aromatic carbocycles. The van der Waals surface area contributed by atoms with Crippen molar-refractivity contribution in [3.63, 3.8) is 0 Å². The first kappa shape index (κ1) is 12.9. The summed E-state index contributed by atoms with van der Waals surface area (Å²) in [7, 11) is 2.14. The van der Waals surface area contributed by atoms with Crippen LogP contribution in [0.25, 0.3) is 0 Å². The summed E-state index contributed by atoms with van der Waals surface area (Å²) in [6, 6.07) is 9.49. The third-order valence-electron chi connectivity index (χ3n) is 6.40. The SMILES string of the molecule is CNCC12C[C@H]3C[C@@H](C1)CC(c1ccc(C)cc1)(C3)C2. The molecule has 20 heavy (non-hydrogen) atoms. The highest BCUT2D eigenvalue weighted by Gasteiger charge is 2.57. The minimum absolute atomic E-state index is 0.509. The number of hydrogen-bond donors (Lipinski definition) is 1. The van der Waals surface area contributed by atoms with Gasteiger partial charge in [0.25, 0.3) is 0 Å². The number of hydrogen-bond acceptors (Lipinski definition) is 1. The van der Waals surface area contributed by atoms with Crippen molar-refractivity contribution < 1.29 is 0 Å². The van der Waals surface area contributed by atoms with Crippen LogP contribution in [0.15, 0.2) is 24.3 Å². The molecule has 108 valence electrons. The zero-order valence-electron chi connectivity index (χ0n) is 12.9. The topological polar surface area (TPSA) is 12.0 Å². The molecule has 5 rings (SSSR count). The molecule has 0 heterocycles. The summed E-state index contributed by atoms with van der Waals surface area (Å²) in [6.07, 6.45) is 8.82. The summed E-state index contributed by atoms with van der Waals surface area (Å²) in [5, 5.41) is 3.50. The average Bonchev–Trinajstić information content (AvgIpc) is 2.37. The van der Waals surface area contributed by atoms with Crippen LogP contribution in [0.3, 0.4) is 0 Å². The van der Waals surface area contributed by atoms with Gasteiger partial charge in [0.1, 0.15) is 0 Å². The molecule has 4 bridgehead atoms. The Labute approximate surface area is 123 Å². The number of aryl methyl sites for hydroxylation is 1. The van der Waals surface area contributed by atoms with Gasteiger partial charge in [-0.3, -0.25) is 0 Å². The second-order valence-electron chi connectivity index (χ2n) is 8.14. The van der Waals surface area contributed by atoms with Gasteiger partial charge < -0.3 is 5.32 Å². The van der Waals surface area contributed by atoms with Crippen molar-refractivity contribution >= 4 is 0 Å². The van der Waals surface area contributed by atoms with E-state index in [0.29, 0.717) is 10.8 Å². The molecule has 4 aliphatic carbocycles. The standard InChI is InChI=1S/C19H27N/c1-14-3-5-17(6-4-14)19-10-15-7-16(11-19)9-18(8-15,12-19)13-20-2/h3-6,15-16,20H,7-13H2,1-2H3/t15-,16+,18?,19?. The van der Waals surface area contributed by atoms with E-state index in [1.165, 1.54) is 50.6 Å². The predicted octanol–water partition coefficient (Wildman–Crippen LogP) is 4.05. The monoisotopic (exact) mass is 269 g/mol. The lowest BCUT2D eigenvalue weighted by Gasteiger charge is -2.62. The molecule has 2 unspecified atom stereocenters. The van der Waals surface area contributed by atoms with Gasteiger partial charge in [-0.2, -0.15) is 0 Å². The minimum atomic E-state index is 0.509. The second kappa shape index (κ2) is 4.34. The molecule has 1 heteroatoms. The summed E-state index contributed by atoms with van der Waals surface area (Å²) in [4.78, 5) is 0. The Hall–Kier alpha value is -0.820. The Morgan fingerprint density at radius 2 is 1.70 bits per heavy atom. The van der Waals surface area contributed by atoms with Crippen LogP contribution in [0.5, 0.6) is 0 Å². The molecule has 0 amide bonds. The maximum Gasteiger partial charge on any atom is 0.000533 e. The highest BCUT2D eigenvalue weighted by Crippen LogP contribution is 2.65. The van der Waals surface area contributed by atoms with Gasteiger partial charge in [-0.15, -0.1) is 0 Å². The quantitative estimate of drug-likeness (QED) is 0.873. The molecule has 0 aromatic heterocycles. The van der Waals surface area contributed by atoms with Gasteiger partial charge in [0.2, 0.25) is 0 Å². The molecule has 1 nitrogen and oxygen atoms in total. The van der Waals surface area contributed by atoms with Crippen LogP contribution >= 0.6 is 0 Å². The number of nitrogens with one attached hydrogen (secondary N) is 1. The normalized spacial score (nSPS) is 42.1. The van der Waals surface area contributed by atoms with E-state index in [4.69, 9.17) is 0 Å². The number of benzene rings is 1. The third-order valence-corrected chi connectivity index (χ3v) is 6.40. The third kappa shape index (κ3) is 1.86. The molecular weight excluding hydrogens is 242 g/mol. The van der Waals surface area contributed by atoms with Crippen LogP contribution in [-0.2, 0) is 5.41 Å². The maximum absolute atomic E-state index is 3.50.